The van der Waals surface area contributed by atoms with Gasteiger partial charge in [-0.1, -0.05) is 0 Å². The molecule has 0 spiro atoms. The highest BCUT2D eigenvalue weighted by Crippen LogP contribution is 2.22. The molecule has 1 rings (SSSR count). The molecule has 0 bridgehead atoms. The van der Waals surface area contributed by atoms with Crippen LogP contribution >= 0.6 is 0 Å². The van der Waals surface area contributed by atoms with Crippen molar-refractivity contribution in [3.63, 3.8) is 0 Å². The summed E-state index contributed by atoms with van der Waals surface area (Å²) in [7, 11) is 0. The largest absolute Gasteiger partial charge is 0.405 e. The zero-order valence-corrected chi connectivity index (χ0v) is 7.71. The van der Waals surface area contributed by atoms with Gasteiger partial charge < -0.3 is 5.32 Å². The van der Waals surface area contributed by atoms with Crippen LogP contribution in [0.25, 0.3) is 0 Å². The summed E-state index contributed by atoms with van der Waals surface area (Å²) < 4.78 is 48.4. The van der Waals surface area contributed by atoms with Crippen molar-refractivity contribution in [2.24, 2.45) is 0 Å². The normalized spacial score (nSPS) is 11.2. The first-order valence-corrected chi connectivity index (χ1v) is 4.04. The van der Waals surface area contributed by atoms with Crippen LogP contribution in [0.2, 0.25) is 0 Å². The molecule has 0 aromatic heterocycles. The zero-order valence-electron chi connectivity index (χ0n) is 7.71. The first-order chi connectivity index (χ1) is 7.29. The molecule has 0 saturated heterocycles. The van der Waals surface area contributed by atoms with Gasteiger partial charge in [0.2, 0.25) is 0 Å². The number of nitrogens with one attached hydrogen (secondary N) is 1. The number of nitro benzene ring substituents is 1. The fourth-order valence-corrected chi connectivity index (χ4v) is 0.956. The van der Waals surface area contributed by atoms with Crippen molar-refractivity contribution in [3.8, 4) is 0 Å². The Bertz CT molecular complexity index is 406. The summed E-state index contributed by atoms with van der Waals surface area (Å²) >= 11 is 0. The summed E-state index contributed by atoms with van der Waals surface area (Å²) in [5.74, 6) is -1.10. The second-order valence-corrected chi connectivity index (χ2v) is 2.89. The summed E-state index contributed by atoms with van der Waals surface area (Å²) in [6.45, 7) is -1.40. The van der Waals surface area contributed by atoms with Gasteiger partial charge in [-0.15, -0.1) is 0 Å². The van der Waals surface area contributed by atoms with Crippen molar-refractivity contribution in [2.75, 3.05) is 11.9 Å². The van der Waals surface area contributed by atoms with E-state index >= 15 is 0 Å². The molecule has 0 aliphatic rings. The third-order valence-corrected chi connectivity index (χ3v) is 1.64. The predicted octanol–water partition coefficient (Wildman–Crippen LogP) is 2.71. The number of nitrogens with zero attached hydrogens (tertiary/aromatic N) is 1. The van der Waals surface area contributed by atoms with Crippen LogP contribution in [0.1, 0.15) is 0 Å². The third-order valence-electron chi connectivity index (χ3n) is 1.64. The summed E-state index contributed by atoms with van der Waals surface area (Å²) in [6.07, 6.45) is -4.48. The average Bonchev–Trinajstić information content (AvgIpc) is 2.14. The Morgan fingerprint density at radius 3 is 2.44 bits per heavy atom. The molecule has 0 aliphatic heterocycles. The molecule has 0 saturated carbocycles. The highest BCUT2D eigenvalue weighted by atomic mass is 19.4. The lowest BCUT2D eigenvalue weighted by Gasteiger charge is -2.09. The first kappa shape index (κ1) is 12.2. The molecule has 88 valence electrons. The van der Waals surface area contributed by atoms with Gasteiger partial charge in [-0.2, -0.15) is 13.2 Å². The summed E-state index contributed by atoms with van der Waals surface area (Å²) in [5.41, 5.74) is -0.946. The molecule has 0 atom stereocenters. The second kappa shape index (κ2) is 4.33. The molecule has 0 radical (unpaired) electrons. The van der Waals surface area contributed by atoms with Crippen LogP contribution in [-0.2, 0) is 0 Å². The Morgan fingerprint density at radius 1 is 1.38 bits per heavy atom. The van der Waals surface area contributed by atoms with Gasteiger partial charge in [-0.05, 0) is 6.07 Å². The maximum Gasteiger partial charge on any atom is 0.405 e. The van der Waals surface area contributed by atoms with Crippen LogP contribution in [0, 0.1) is 15.9 Å². The van der Waals surface area contributed by atoms with Crippen molar-refractivity contribution in [3.05, 3.63) is 34.1 Å². The Balaban J connectivity index is 2.80. The van der Waals surface area contributed by atoms with Gasteiger partial charge in [0.15, 0.2) is 5.82 Å². The summed E-state index contributed by atoms with van der Waals surface area (Å²) in [5, 5.41) is 12.0. The van der Waals surface area contributed by atoms with Gasteiger partial charge in [0.1, 0.15) is 6.54 Å². The van der Waals surface area contributed by atoms with Crippen LogP contribution in [0.5, 0.6) is 0 Å². The van der Waals surface area contributed by atoms with Gasteiger partial charge in [-0.25, -0.2) is 4.39 Å². The lowest BCUT2D eigenvalue weighted by atomic mass is 10.2. The van der Waals surface area contributed by atoms with Gasteiger partial charge in [0, 0.05) is 6.07 Å². The van der Waals surface area contributed by atoms with E-state index in [4.69, 9.17) is 0 Å². The number of hydrogen-bond donors (Lipinski definition) is 1. The maximum atomic E-state index is 13.1. The summed E-state index contributed by atoms with van der Waals surface area (Å²) in [6, 6.07) is 2.36. The van der Waals surface area contributed by atoms with E-state index in [1.165, 1.54) is 0 Å². The lowest BCUT2D eigenvalue weighted by Crippen LogP contribution is -2.21. The SMILES string of the molecule is O=[N+]([O-])c1ccc(NCC(F)(F)F)c(F)c1. The van der Waals surface area contributed by atoms with Crippen LogP contribution in [-0.4, -0.2) is 17.6 Å². The Morgan fingerprint density at radius 2 is 2.00 bits per heavy atom. The minimum Gasteiger partial charge on any atom is -0.374 e. The topological polar surface area (TPSA) is 55.2 Å². The van der Waals surface area contributed by atoms with Crippen molar-refractivity contribution < 1.29 is 22.5 Å². The van der Waals surface area contributed by atoms with E-state index in [1.54, 1.807) is 5.32 Å². The summed E-state index contributed by atoms with van der Waals surface area (Å²) in [4.78, 5) is 9.38. The molecule has 0 heterocycles. The molecular formula is C8H6F4N2O2. The lowest BCUT2D eigenvalue weighted by molar-refractivity contribution is -0.385. The number of benzene rings is 1. The fourth-order valence-electron chi connectivity index (χ4n) is 0.956. The van der Waals surface area contributed by atoms with Crippen LogP contribution < -0.4 is 5.32 Å². The Kier molecular flexibility index (Phi) is 3.31. The monoisotopic (exact) mass is 238 g/mol. The average molecular weight is 238 g/mol. The van der Waals surface area contributed by atoms with E-state index in [0.717, 1.165) is 12.1 Å². The molecule has 0 aliphatic carbocycles. The highest BCUT2D eigenvalue weighted by Gasteiger charge is 2.27. The van der Waals surface area contributed by atoms with Crippen LogP contribution in [0.15, 0.2) is 18.2 Å². The van der Waals surface area contributed by atoms with E-state index in [1.807, 2.05) is 0 Å². The van der Waals surface area contributed by atoms with E-state index in [2.05, 4.69) is 0 Å². The van der Waals surface area contributed by atoms with Gasteiger partial charge in [0.25, 0.3) is 5.69 Å². The molecule has 1 aromatic rings. The number of hydrogen-bond acceptors (Lipinski definition) is 3. The minimum absolute atomic E-state index is 0.428. The standard InChI is InChI=1S/C8H6F4N2O2/c9-6-3-5(14(15)16)1-2-7(6)13-4-8(10,11)12/h1-3,13H,4H2. The Labute approximate surface area is 87.0 Å². The Hall–Kier alpha value is -1.86. The van der Waals surface area contributed by atoms with Crippen molar-refractivity contribution in [2.45, 2.75) is 6.18 Å². The van der Waals surface area contributed by atoms with Crippen LogP contribution in [0.3, 0.4) is 0 Å². The van der Waals surface area contributed by atoms with Gasteiger partial charge in [-0.3, -0.25) is 10.1 Å². The predicted molar refractivity (Wildman–Crippen MR) is 47.6 cm³/mol. The van der Waals surface area contributed by atoms with Gasteiger partial charge in [0.05, 0.1) is 16.7 Å². The van der Waals surface area contributed by atoms with E-state index in [0.29, 0.717) is 6.07 Å². The van der Waals surface area contributed by atoms with E-state index in [-0.39, 0.29) is 0 Å². The molecule has 1 N–H and O–H groups in total. The maximum absolute atomic E-state index is 13.1. The smallest absolute Gasteiger partial charge is 0.374 e. The zero-order chi connectivity index (χ0) is 12.3. The van der Waals surface area contributed by atoms with E-state index in [9.17, 15) is 27.7 Å². The number of nitro groups is 1. The van der Waals surface area contributed by atoms with Crippen molar-refractivity contribution in [1.82, 2.24) is 0 Å². The number of non-ortho nitro benzene ring substituents is 1. The van der Waals surface area contributed by atoms with E-state index < -0.39 is 34.8 Å². The number of rotatable bonds is 3. The molecule has 4 nitrogen and oxygen atoms in total. The molecule has 16 heavy (non-hydrogen) atoms. The quantitative estimate of drug-likeness (QED) is 0.500. The molecular weight excluding hydrogens is 232 g/mol. The molecule has 0 unspecified atom stereocenters. The molecule has 8 heteroatoms. The highest BCUT2D eigenvalue weighted by molar-refractivity contribution is 5.50. The minimum atomic E-state index is -4.48. The van der Waals surface area contributed by atoms with Crippen molar-refractivity contribution in [1.29, 1.82) is 0 Å². The van der Waals surface area contributed by atoms with Crippen LogP contribution in [0.4, 0.5) is 28.9 Å². The number of alkyl halides is 3. The number of halogens is 4. The third kappa shape index (κ3) is 3.37. The van der Waals surface area contributed by atoms with Crippen molar-refractivity contribution >= 4 is 11.4 Å². The fraction of sp³-hybridized carbons (Fsp3) is 0.250. The molecule has 0 fully saturated rings. The van der Waals surface area contributed by atoms with Gasteiger partial charge >= 0.3 is 6.18 Å². The molecule has 0 amide bonds. The first-order valence-electron chi connectivity index (χ1n) is 4.04. The molecule has 1 aromatic carbocycles. The number of anilines is 1. The second-order valence-electron chi connectivity index (χ2n) is 2.89.